The largest absolute Gasteiger partial charge is 0.497 e. The smallest absolute Gasteiger partial charge is 0.343 e. The highest BCUT2D eigenvalue weighted by molar-refractivity contribution is 6.32. The molecule has 3 rings (SSSR count). The fraction of sp³-hybridized carbons (Fsp3) is 0.148. The summed E-state index contributed by atoms with van der Waals surface area (Å²) in [5, 5.41) is 23.3. The summed E-state index contributed by atoms with van der Waals surface area (Å²) in [5.41, 5.74) is 0.480. The highest BCUT2D eigenvalue weighted by atomic mass is 35.5. The third kappa shape index (κ3) is 6.66. The van der Waals surface area contributed by atoms with Crippen LogP contribution in [-0.2, 0) is 4.79 Å². The summed E-state index contributed by atoms with van der Waals surface area (Å²) >= 11 is 6.39. The second kappa shape index (κ2) is 12.4. The molecule has 0 spiro atoms. The van der Waals surface area contributed by atoms with Crippen molar-refractivity contribution in [3.63, 3.8) is 0 Å². The van der Waals surface area contributed by atoms with Gasteiger partial charge in [-0.15, -0.1) is 0 Å². The lowest BCUT2D eigenvalue weighted by Crippen LogP contribution is -2.14. The number of carbonyl (C=O) groups is 2. The van der Waals surface area contributed by atoms with Crippen LogP contribution in [0.25, 0.3) is 6.08 Å². The van der Waals surface area contributed by atoms with Crippen LogP contribution in [0.4, 0.5) is 11.4 Å². The van der Waals surface area contributed by atoms with E-state index in [1.54, 1.807) is 38.1 Å². The number of nitro groups is 1. The van der Waals surface area contributed by atoms with Crippen molar-refractivity contribution in [1.29, 1.82) is 5.26 Å². The average molecular weight is 536 g/mol. The number of carbonyl (C=O) groups excluding carboxylic acids is 2. The Morgan fingerprint density at radius 3 is 2.47 bits per heavy atom. The maximum atomic E-state index is 12.8. The number of anilines is 1. The normalized spacial score (nSPS) is 10.8. The number of esters is 1. The Labute approximate surface area is 223 Å². The van der Waals surface area contributed by atoms with Gasteiger partial charge in [0.1, 0.15) is 23.1 Å². The molecule has 3 aromatic rings. The minimum absolute atomic E-state index is 0.00377. The molecule has 1 N–H and O–H groups in total. The zero-order chi connectivity index (χ0) is 27.8. The van der Waals surface area contributed by atoms with Gasteiger partial charge in [0.25, 0.3) is 11.6 Å². The van der Waals surface area contributed by atoms with Crippen molar-refractivity contribution in [2.75, 3.05) is 19.0 Å². The maximum absolute atomic E-state index is 12.8. The monoisotopic (exact) mass is 535 g/mol. The first-order valence-electron chi connectivity index (χ1n) is 11.2. The van der Waals surface area contributed by atoms with Gasteiger partial charge in [-0.2, -0.15) is 5.26 Å². The van der Waals surface area contributed by atoms with Gasteiger partial charge >= 0.3 is 5.97 Å². The third-order valence-electron chi connectivity index (χ3n) is 5.13. The van der Waals surface area contributed by atoms with Crippen molar-refractivity contribution < 1.29 is 28.7 Å². The van der Waals surface area contributed by atoms with E-state index in [4.69, 9.17) is 25.8 Å². The van der Waals surface area contributed by atoms with E-state index in [9.17, 15) is 25.0 Å². The van der Waals surface area contributed by atoms with Gasteiger partial charge in [0.15, 0.2) is 11.5 Å². The third-order valence-corrected chi connectivity index (χ3v) is 5.41. The Morgan fingerprint density at radius 1 is 1.16 bits per heavy atom. The number of hydrogen-bond acceptors (Lipinski definition) is 8. The van der Waals surface area contributed by atoms with Crippen LogP contribution in [0.15, 0.2) is 60.2 Å². The van der Waals surface area contributed by atoms with E-state index in [1.807, 2.05) is 0 Å². The molecule has 0 saturated heterocycles. The number of nitriles is 1. The molecule has 0 aliphatic heterocycles. The SMILES string of the molecule is CCOc1cc(/C=C(\C#N)C(=O)Nc2ccc(C)cc2[N+](=O)[O-])cc(Cl)c1OC(=O)c1ccc(OC)cc1. The number of halogens is 1. The molecular formula is C27H22ClN3O7. The Kier molecular flexibility index (Phi) is 9.03. The Morgan fingerprint density at radius 2 is 1.87 bits per heavy atom. The fourth-order valence-corrected chi connectivity index (χ4v) is 3.57. The molecule has 0 heterocycles. The summed E-state index contributed by atoms with van der Waals surface area (Å²) in [6.45, 7) is 3.60. The van der Waals surface area contributed by atoms with Crippen LogP contribution < -0.4 is 19.5 Å². The molecule has 0 atom stereocenters. The Bertz CT molecular complexity index is 1460. The summed E-state index contributed by atoms with van der Waals surface area (Å²) in [4.78, 5) is 36.1. The number of nitro benzene ring substituents is 1. The van der Waals surface area contributed by atoms with Crippen molar-refractivity contribution in [1.82, 2.24) is 0 Å². The molecule has 0 unspecified atom stereocenters. The molecule has 0 saturated carbocycles. The van der Waals surface area contributed by atoms with Crippen molar-refractivity contribution in [3.8, 4) is 23.3 Å². The van der Waals surface area contributed by atoms with Crippen LogP contribution in [0.3, 0.4) is 0 Å². The second-order valence-electron chi connectivity index (χ2n) is 7.78. The van der Waals surface area contributed by atoms with E-state index in [0.29, 0.717) is 16.9 Å². The molecular weight excluding hydrogens is 514 g/mol. The van der Waals surface area contributed by atoms with Gasteiger partial charge in [-0.3, -0.25) is 14.9 Å². The number of rotatable bonds is 9. The van der Waals surface area contributed by atoms with E-state index in [1.165, 1.54) is 49.6 Å². The summed E-state index contributed by atoms with van der Waals surface area (Å²) in [6.07, 6.45) is 1.23. The van der Waals surface area contributed by atoms with Crippen molar-refractivity contribution in [3.05, 3.63) is 92.0 Å². The van der Waals surface area contributed by atoms with Crippen LogP contribution in [0.5, 0.6) is 17.2 Å². The van der Waals surface area contributed by atoms with Crippen LogP contribution >= 0.6 is 11.6 Å². The first-order valence-corrected chi connectivity index (χ1v) is 11.5. The first kappa shape index (κ1) is 27.7. The minimum atomic E-state index is -0.858. The van der Waals surface area contributed by atoms with Gasteiger partial charge in [-0.1, -0.05) is 17.7 Å². The Hall–Kier alpha value is -4.88. The highest BCUT2D eigenvalue weighted by Crippen LogP contribution is 2.38. The number of ether oxygens (including phenoxy) is 3. The summed E-state index contributed by atoms with van der Waals surface area (Å²) < 4.78 is 16.2. The van der Waals surface area contributed by atoms with Crippen LogP contribution in [-0.4, -0.2) is 30.5 Å². The van der Waals surface area contributed by atoms with E-state index < -0.39 is 16.8 Å². The van der Waals surface area contributed by atoms with E-state index in [2.05, 4.69) is 5.32 Å². The molecule has 3 aromatic carbocycles. The lowest BCUT2D eigenvalue weighted by molar-refractivity contribution is -0.384. The molecule has 1 amide bonds. The number of methoxy groups -OCH3 is 1. The topological polar surface area (TPSA) is 141 Å². The zero-order valence-corrected chi connectivity index (χ0v) is 21.4. The van der Waals surface area contributed by atoms with Gasteiger partial charge in [0.2, 0.25) is 0 Å². The molecule has 38 heavy (non-hydrogen) atoms. The Balaban J connectivity index is 1.90. The maximum Gasteiger partial charge on any atom is 0.343 e. The fourth-order valence-electron chi connectivity index (χ4n) is 3.32. The number of benzene rings is 3. The number of nitrogens with one attached hydrogen (secondary N) is 1. The summed E-state index contributed by atoms with van der Waals surface area (Å²) in [7, 11) is 1.51. The van der Waals surface area contributed by atoms with Crippen molar-refractivity contribution in [2.45, 2.75) is 13.8 Å². The molecule has 0 radical (unpaired) electrons. The van der Waals surface area contributed by atoms with Gasteiger partial charge in [-0.05, 0) is 73.5 Å². The molecule has 0 fully saturated rings. The lowest BCUT2D eigenvalue weighted by Gasteiger charge is -2.14. The zero-order valence-electron chi connectivity index (χ0n) is 20.6. The van der Waals surface area contributed by atoms with Crippen LogP contribution in [0, 0.1) is 28.4 Å². The van der Waals surface area contributed by atoms with Gasteiger partial charge in [0.05, 0.1) is 29.2 Å². The highest BCUT2D eigenvalue weighted by Gasteiger charge is 2.20. The number of amides is 1. The molecule has 194 valence electrons. The first-order chi connectivity index (χ1) is 18.2. The van der Waals surface area contributed by atoms with Crippen LogP contribution in [0.2, 0.25) is 5.02 Å². The molecule has 0 bridgehead atoms. The summed E-state index contributed by atoms with van der Waals surface area (Å²) in [6, 6.07) is 15.2. The van der Waals surface area contributed by atoms with Crippen molar-refractivity contribution >= 4 is 40.9 Å². The predicted octanol–water partition coefficient (Wildman–Crippen LogP) is 5.73. The van der Waals surface area contributed by atoms with Crippen LogP contribution in [0.1, 0.15) is 28.4 Å². The number of hydrogen-bond donors (Lipinski definition) is 1. The van der Waals surface area contributed by atoms with E-state index >= 15 is 0 Å². The molecule has 0 aromatic heterocycles. The standard InChI is InChI=1S/C27H22ClN3O7/c1-4-37-24-14-17(13-21(28)25(24)38-27(33)18-6-8-20(36-3)9-7-18)12-19(15-29)26(32)30-22-10-5-16(2)11-23(22)31(34)35/h5-14H,4H2,1-3H3,(H,30,32)/b19-12+. The molecule has 11 heteroatoms. The number of aryl methyl sites for hydroxylation is 1. The van der Waals surface area contributed by atoms with Gasteiger partial charge in [0, 0.05) is 6.07 Å². The minimum Gasteiger partial charge on any atom is -0.497 e. The molecule has 0 aliphatic carbocycles. The van der Waals surface area contributed by atoms with Crippen molar-refractivity contribution in [2.24, 2.45) is 0 Å². The lowest BCUT2D eigenvalue weighted by atomic mass is 10.1. The van der Waals surface area contributed by atoms with E-state index in [-0.39, 0.29) is 45.6 Å². The second-order valence-corrected chi connectivity index (χ2v) is 8.19. The average Bonchev–Trinajstić information content (AvgIpc) is 2.90. The molecule has 10 nitrogen and oxygen atoms in total. The van der Waals surface area contributed by atoms with Gasteiger partial charge < -0.3 is 19.5 Å². The van der Waals surface area contributed by atoms with E-state index in [0.717, 1.165) is 0 Å². The quantitative estimate of drug-likeness (QED) is 0.0914. The summed E-state index contributed by atoms with van der Waals surface area (Å²) in [5.74, 6) is -0.899. The molecule has 0 aliphatic rings. The predicted molar refractivity (Wildman–Crippen MR) is 141 cm³/mol. The van der Waals surface area contributed by atoms with Gasteiger partial charge in [-0.25, -0.2) is 4.79 Å². The number of nitrogens with zero attached hydrogens (tertiary/aromatic N) is 2.